The molecule has 2 aliphatic heterocycles. The molecule has 0 spiro atoms. The zero-order valence-corrected chi connectivity index (χ0v) is 20.5. The maximum atomic E-state index is 13.9. The van der Waals surface area contributed by atoms with E-state index in [1.807, 2.05) is 0 Å². The molecule has 2 aromatic rings. The minimum Gasteiger partial charge on any atom is -0.381 e. The molecule has 0 bridgehead atoms. The maximum Gasteiger partial charge on any atom is 0.325 e. The fourth-order valence-corrected chi connectivity index (χ4v) is 6.56. The van der Waals surface area contributed by atoms with E-state index in [4.69, 9.17) is 4.74 Å². The van der Waals surface area contributed by atoms with Crippen molar-refractivity contribution in [3.8, 4) is 0 Å². The highest BCUT2D eigenvalue weighted by Gasteiger charge is 2.47. The van der Waals surface area contributed by atoms with Gasteiger partial charge in [0.05, 0.1) is 23.5 Å². The van der Waals surface area contributed by atoms with Crippen molar-refractivity contribution in [1.82, 2.24) is 34.6 Å². The van der Waals surface area contributed by atoms with Crippen molar-refractivity contribution in [2.24, 2.45) is 0 Å². The quantitative estimate of drug-likeness (QED) is 0.449. The standard InChI is InChI=1S/C21H29N7O6S/c1-20(2,25-35(32,33)13-3-4-13)16-12-28(26-24-16)21(6-9-34-10-7-21)18(30)27-8-5-14-15(11-27)22-19(31)23-17(14)29/h12-13,25H,3-11H2,1-2H3,(H2,22,23,29,31). The molecule has 2 fully saturated rings. The lowest BCUT2D eigenvalue weighted by Gasteiger charge is -2.40. The van der Waals surface area contributed by atoms with Crippen LogP contribution in [0.3, 0.4) is 0 Å². The van der Waals surface area contributed by atoms with E-state index < -0.39 is 32.4 Å². The van der Waals surface area contributed by atoms with Gasteiger partial charge in [0.15, 0.2) is 0 Å². The number of aromatic amines is 2. The molecule has 3 aliphatic rings. The van der Waals surface area contributed by atoms with Gasteiger partial charge < -0.3 is 14.6 Å². The minimum absolute atomic E-state index is 0.101. The average molecular weight is 508 g/mol. The molecule has 0 unspecified atom stereocenters. The van der Waals surface area contributed by atoms with E-state index in [0.717, 1.165) is 0 Å². The molecule has 3 N–H and O–H groups in total. The Morgan fingerprint density at radius 2 is 1.94 bits per heavy atom. The fourth-order valence-electron chi connectivity index (χ4n) is 4.82. The number of hydrogen-bond donors (Lipinski definition) is 3. The van der Waals surface area contributed by atoms with Gasteiger partial charge in [-0.25, -0.2) is 22.6 Å². The Kier molecular flexibility index (Phi) is 5.72. The second-order valence-electron chi connectivity index (χ2n) is 10.0. The lowest BCUT2D eigenvalue weighted by Crippen LogP contribution is -2.55. The number of aromatic nitrogens is 5. The molecule has 0 atom stereocenters. The van der Waals surface area contributed by atoms with Crippen molar-refractivity contribution in [3.63, 3.8) is 0 Å². The molecule has 13 nitrogen and oxygen atoms in total. The zero-order valence-electron chi connectivity index (χ0n) is 19.7. The van der Waals surface area contributed by atoms with Gasteiger partial charge in [0, 0.05) is 43.9 Å². The third-order valence-electron chi connectivity index (χ3n) is 7.05. The molecule has 1 amide bonds. The van der Waals surface area contributed by atoms with Crippen LogP contribution in [0.2, 0.25) is 0 Å². The summed E-state index contributed by atoms with van der Waals surface area (Å²) in [6.45, 7) is 4.55. The molecule has 190 valence electrons. The molecule has 1 saturated heterocycles. The molecule has 35 heavy (non-hydrogen) atoms. The van der Waals surface area contributed by atoms with Gasteiger partial charge >= 0.3 is 5.69 Å². The number of hydrogen-bond acceptors (Lipinski definition) is 8. The fraction of sp³-hybridized carbons (Fsp3) is 0.667. The van der Waals surface area contributed by atoms with Gasteiger partial charge in [0.1, 0.15) is 11.2 Å². The zero-order chi connectivity index (χ0) is 25.0. The molecular formula is C21H29N7O6S. The monoisotopic (exact) mass is 507 g/mol. The van der Waals surface area contributed by atoms with E-state index in [2.05, 4.69) is 25.0 Å². The van der Waals surface area contributed by atoms with Gasteiger partial charge in [-0.3, -0.25) is 14.6 Å². The van der Waals surface area contributed by atoms with Crippen LogP contribution < -0.4 is 16.0 Å². The summed E-state index contributed by atoms with van der Waals surface area (Å²) in [6.07, 6.45) is 3.95. The topological polar surface area (TPSA) is 172 Å². The number of nitrogens with zero attached hydrogens (tertiary/aromatic N) is 4. The first-order valence-corrected chi connectivity index (χ1v) is 13.2. The van der Waals surface area contributed by atoms with Crippen LogP contribution in [0.4, 0.5) is 0 Å². The van der Waals surface area contributed by atoms with Crippen LogP contribution in [0, 0.1) is 0 Å². The van der Waals surface area contributed by atoms with E-state index in [-0.39, 0.29) is 17.7 Å². The summed E-state index contributed by atoms with van der Waals surface area (Å²) in [5, 5.41) is 8.14. The number of rotatable bonds is 6. The Hall–Kier alpha value is -2.84. The van der Waals surface area contributed by atoms with E-state index in [1.54, 1.807) is 24.9 Å². The minimum atomic E-state index is -3.47. The molecule has 14 heteroatoms. The summed E-state index contributed by atoms with van der Waals surface area (Å²) in [7, 11) is -3.47. The summed E-state index contributed by atoms with van der Waals surface area (Å²) in [6, 6.07) is 0. The third-order valence-corrected chi connectivity index (χ3v) is 9.19. The highest BCUT2D eigenvalue weighted by Crippen LogP contribution is 2.34. The molecule has 4 heterocycles. The van der Waals surface area contributed by atoms with Crippen LogP contribution in [0.25, 0.3) is 0 Å². The number of H-pyrrole nitrogens is 2. The molecule has 0 aromatic carbocycles. The van der Waals surface area contributed by atoms with Crippen molar-refractivity contribution in [2.75, 3.05) is 19.8 Å². The average Bonchev–Trinajstić information content (AvgIpc) is 3.55. The third kappa shape index (κ3) is 4.34. The predicted octanol–water partition coefficient (Wildman–Crippen LogP) is -0.938. The lowest BCUT2D eigenvalue weighted by molar-refractivity contribution is -0.148. The van der Waals surface area contributed by atoms with Crippen molar-refractivity contribution in [3.05, 3.63) is 44.0 Å². The number of carbonyl (C=O) groups is 1. The molecule has 1 saturated carbocycles. The van der Waals surface area contributed by atoms with E-state index in [9.17, 15) is 22.8 Å². The highest BCUT2D eigenvalue weighted by molar-refractivity contribution is 7.90. The molecule has 5 rings (SSSR count). The second-order valence-corrected chi connectivity index (χ2v) is 12.0. The highest BCUT2D eigenvalue weighted by atomic mass is 32.2. The second kappa shape index (κ2) is 8.38. The van der Waals surface area contributed by atoms with Crippen LogP contribution in [-0.2, 0) is 43.6 Å². The molecule has 0 radical (unpaired) electrons. The normalized spacial score (nSPS) is 20.5. The largest absolute Gasteiger partial charge is 0.381 e. The number of ether oxygens (including phenoxy) is 1. The Labute approximate surface area is 201 Å². The van der Waals surface area contributed by atoms with Crippen LogP contribution >= 0.6 is 0 Å². The van der Waals surface area contributed by atoms with Crippen LogP contribution in [-0.4, -0.2) is 69.2 Å². The Morgan fingerprint density at radius 1 is 1.23 bits per heavy atom. The summed E-state index contributed by atoms with van der Waals surface area (Å²) < 4.78 is 34.8. The van der Waals surface area contributed by atoms with Gasteiger partial charge in [-0.2, -0.15) is 0 Å². The van der Waals surface area contributed by atoms with Crippen molar-refractivity contribution >= 4 is 15.9 Å². The van der Waals surface area contributed by atoms with E-state index >= 15 is 0 Å². The van der Waals surface area contributed by atoms with Gasteiger partial charge in [0.2, 0.25) is 10.0 Å². The first-order valence-electron chi connectivity index (χ1n) is 11.7. The summed E-state index contributed by atoms with van der Waals surface area (Å²) in [4.78, 5) is 44.3. The predicted molar refractivity (Wildman–Crippen MR) is 123 cm³/mol. The van der Waals surface area contributed by atoms with Gasteiger partial charge in [-0.05, 0) is 33.1 Å². The van der Waals surface area contributed by atoms with E-state index in [0.29, 0.717) is 68.8 Å². The van der Waals surface area contributed by atoms with Gasteiger partial charge in [-0.1, -0.05) is 5.21 Å². The van der Waals surface area contributed by atoms with Crippen LogP contribution in [0.1, 0.15) is 56.5 Å². The van der Waals surface area contributed by atoms with Crippen molar-refractivity contribution < 1.29 is 17.9 Å². The Balaban J connectivity index is 1.44. The lowest BCUT2D eigenvalue weighted by atomic mass is 9.87. The van der Waals surface area contributed by atoms with Crippen molar-refractivity contribution in [2.45, 2.75) is 68.8 Å². The van der Waals surface area contributed by atoms with Gasteiger partial charge in [-0.15, -0.1) is 5.10 Å². The number of amides is 1. The molecular weight excluding hydrogens is 478 g/mol. The summed E-state index contributed by atoms with van der Waals surface area (Å²) in [5.74, 6) is -0.208. The van der Waals surface area contributed by atoms with Crippen LogP contribution in [0.5, 0.6) is 0 Å². The van der Waals surface area contributed by atoms with E-state index in [1.165, 1.54) is 4.68 Å². The molecule has 1 aliphatic carbocycles. The molecule has 2 aromatic heterocycles. The number of fused-ring (bicyclic) bond motifs is 1. The van der Waals surface area contributed by atoms with Crippen LogP contribution in [0.15, 0.2) is 15.8 Å². The SMILES string of the molecule is CC(C)(NS(=O)(=O)C1CC1)c1cn(C2(C(=O)N3CCc4c([nH]c(=O)[nH]c4=O)C3)CCOCC2)nn1. The summed E-state index contributed by atoms with van der Waals surface area (Å²) in [5.41, 5.74) is -1.83. The Bertz CT molecular complexity index is 1360. The number of carbonyl (C=O) groups excluding carboxylic acids is 1. The van der Waals surface area contributed by atoms with Crippen molar-refractivity contribution in [1.29, 1.82) is 0 Å². The number of sulfonamides is 1. The number of nitrogens with one attached hydrogen (secondary N) is 3. The van der Waals surface area contributed by atoms with Gasteiger partial charge in [0.25, 0.3) is 11.5 Å². The maximum absolute atomic E-state index is 13.9. The first-order chi connectivity index (χ1) is 16.5. The smallest absolute Gasteiger partial charge is 0.325 e. The Morgan fingerprint density at radius 3 is 2.63 bits per heavy atom. The first kappa shape index (κ1) is 23.9. The summed E-state index contributed by atoms with van der Waals surface area (Å²) >= 11 is 0.